The van der Waals surface area contributed by atoms with Gasteiger partial charge in [0.2, 0.25) is 0 Å². The Morgan fingerprint density at radius 1 is 1.25 bits per heavy atom. The number of nitriles is 1. The molecule has 5 heteroatoms. The summed E-state index contributed by atoms with van der Waals surface area (Å²) >= 11 is 0. The Hall–Kier alpha value is -2.66. The minimum atomic E-state index is -2.49. The van der Waals surface area contributed by atoms with Crippen LogP contribution in [0.2, 0.25) is 0 Å². The quantitative estimate of drug-likeness (QED) is 0.366. The molecule has 1 aromatic rings. The second-order valence-corrected chi connectivity index (χ2v) is 5.13. The number of ether oxygens (including phenoxy) is 1. The molecule has 102 valence electrons. The van der Waals surface area contributed by atoms with Crippen molar-refractivity contribution in [1.29, 1.82) is 5.26 Å². The molecule has 0 aliphatic rings. The molecule has 1 rings (SSSR count). The van der Waals surface area contributed by atoms with E-state index in [0.29, 0.717) is 0 Å². The molecule has 0 aliphatic heterocycles. The van der Waals surface area contributed by atoms with Gasteiger partial charge in [-0.3, -0.25) is 9.64 Å². The lowest BCUT2D eigenvalue weighted by Gasteiger charge is -2.21. The summed E-state index contributed by atoms with van der Waals surface area (Å²) in [7, 11) is 0. The van der Waals surface area contributed by atoms with E-state index >= 15 is 0 Å². The molecule has 0 heterocycles. The average Bonchev–Trinajstić information content (AvgIpc) is 2.39. The third-order valence-corrected chi connectivity index (χ3v) is 2.39. The highest BCUT2D eigenvalue weighted by Gasteiger charge is 2.57. The fraction of sp³-hybridized carbons (Fsp3) is 0.333. The number of Topliss-reactive ketones (excluding diaryl/α,β-unsaturated/α-hetero) is 1. The molecular formula is C15H14N2O3. The SMILES string of the molecule is [C-]#[N+]C(C#N)(C(=O)OC(C)(C)C)C(=O)c1ccccc1. The molecule has 0 aromatic heterocycles. The van der Waals surface area contributed by atoms with E-state index in [4.69, 9.17) is 11.3 Å². The molecule has 5 nitrogen and oxygen atoms in total. The van der Waals surface area contributed by atoms with Crippen molar-refractivity contribution in [3.8, 4) is 6.07 Å². The van der Waals surface area contributed by atoms with Crippen LogP contribution in [0, 0.1) is 17.9 Å². The van der Waals surface area contributed by atoms with Crippen LogP contribution in [0.4, 0.5) is 0 Å². The lowest BCUT2D eigenvalue weighted by atomic mass is 9.91. The fourth-order valence-electron chi connectivity index (χ4n) is 1.46. The zero-order valence-electron chi connectivity index (χ0n) is 11.5. The van der Waals surface area contributed by atoms with Crippen molar-refractivity contribution >= 4 is 11.8 Å². The predicted molar refractivity (Wildman–Crippen MR) is 71.6 cm³/mol. The number of hydrogen-bond acceptors (Lipinski definition) is 4. The Labute approximate surface area is 117 Å². The van der Waals surface area contributed by atoms with E-state index < -0.39 is 22.9 Å². The highest BCUT2D eigenvalue weighted by atomic mass is 16.6. The Morgan fingerprint density at radius 2 is 1.80 bits per heavy atom. The summed E-state index contributed by atoms with van der Waals surface area (Å²) in [6.07, 6.45) is 0. The molecule has 1 aromatic carbocycles. The van der Waals surface area contributed by atoms with Gasteiger partial charge in [0, 0.05) is 5.56 Å². The number of carbonyl (C=O) groups excluding carboxylic acids is 2. The van der Waals surface area contributed by atoms with Crippen molar-refractivity contribution in [2.45, 2.75) is 31.9 Å². The van der Waals surface area contributed by atoms with E-state index in [1.807, 2.05) is 0 Å². The summed E-state index contributed by atoms with van der Waals surface area (Å²) in [6.45, 7) is 11.9. The third-order valence-electron chi connectivity index (χ3n) is 2.39. The number of hydrogen-bond donors (Lipinski definition) is 0. The first-order chi connectivity index (χ1) is 9.27. The molecule has 0 fully saturated rings. The molecule has 0 saturated carbocycles. The second kappa shape index (κ2) is 5.54. The van der Waals surface area contributed by atoms with Crippen LogP contribution >= 0.6 is 0 Å². The van der Waals surface area contributed by atoms with Gasteiger partial charge in [0.1, 0.15) is 5.60 Å². The molecule has 0 aliphatic carbocycles. The van der Waals surface area contributed by atoms with Crippen LogP contribution in [0.15, 0.2) is 30.3 Å². The van der Waals surface area contributed by atoms with Gasteiger partial charge in [0.25, 0.3) is 5.78 Å². The highest BCUT2D eigenvalue weighted by molar-refractivity contribution is 6.20. The van der Waals surface area contributed by atoms with E-state index in [2.05, 4.69) is 4.85 Å². The van der Waals surface area contributed by atoms with Crippen molar-refractivity contribution in [3.63, 3.8) is 0 Å². The maximum Gasteiger partial charge on any atom is 0.471 e. The van der Waals surface area contributed by atoms with Gasteiger partial charge >= 0.3 is 11.5 Å². The zero-order valence-corrected chi connectivity index (χ0v) is 11.5. The van der Waals surface area contributed by atoms with Gasteiger partial charge in [-0.1, -0.05) is 30.3 Å². The van der Waals surface area contributed by atoms with Crippen molar-refractivity contribution in [1.82, 2.24) is 0 Å². The zero-order chi connectivity index (χ0) is 15.4. The Balaban J connectivity index is 3.25. The normalized spacial score (nSPS) is 13.4. The van der Waals surface area contributed by atoms with Crippen LogP contribution in [0.1, 0.15) is 31.1 Å². The van der Waals surface area contributed by atoms with Crippen LogP contribution in [-0.4, -0.2) is 22.9 Å². The molecule has 20 heavy (non-hydrogen) atoms. The molecule has 0 N–H and O–H groups in total. The van der Waals surface area contributed by atoms with Gasteiger partial charge in [0.05, 0.1) is 0 Å². The smallest absolute Gasteiger partial charge is 0.453 e. The monoisotopic (exact) mass is 270 g/mol. The van der Waals surface area contributed by atoms with Crippen LogP contribution in [0.3, 0.4) is 0 Å². The van der Waals surface area contributed by atoms with Gasteiger partial charge in [0.15, 0.2) is 6.07 Å². The standard InChI is InChI=1S/C15H14N2O3/c1-14(2,3)20-13(19)15(10-16,17-4)12(18)11-8-6-5-7-9-11/h5-9H,1-3H3. The lowest BCUT2D eigenvalue weighted by molar-refractivity contribution is -0.156. The topological polar surface area (TPSA) is 71.5 Å². The summed E-state index contributed by atoms with van der Waals surface area (Å²) in [6, 6.07) is 9.28. The highest BCUT2D eigenvalue weighted by Crippen LogP contribution is 2.22. The van der Waals surface area contributed by atoms with E-state index in [0.717, 1.165) is 0 Å². The number of ketones is 1. The Morgan fingerprint density at radius 3 is 2.20 bits per heavy atom. The molecule has 0 bridgehead atoms. The summed E-state index contributed by atoms with van der Waals surface area (Å²) < 4.78 is 5.03. The molecule has 0 saturated heterocycles. The number of benzene rings is 1. The summed E-state index contributed by atoms with van der Waals surface area (Å²) in [5, 5.41) is 9.19. The average molecular weight is 270 g/mol. The van der Waals surface area contributed by atoms with E-state index in [1.54, 1.807) is 39.0 Å². The fourth-order valence-corrected chi connectivity index (χ4v) is 1.46. The molecule has 0 spiro atoms. The molecule has 1 unspecified atom stereocenters. The number of nitrogens with zero attached hydrogens (tertiary/aromatic N) is 2. The minimum Gasteiger partial charge on any atom is -0.453 e. The summed E-state index contributed by atoms with van der Waals surface area (Å²) in [4.78, 5) is 27.4. The first-order valence-corrected chi connectivity index (χ1v) is 5.90. The van der Waals surface area contributed by atoms with Crippen LogP contribution in [0.5, 0.6) is 0 Å². The van der Waals surface area contributed by atoms with Crippen LogP contribution < -0.4 is 0 Å². The van der Waals surface area contributed by atoms with Crippen LogP contribution in [-0.2, 0) is 9.53 Å². The molecular weight excluding hydrogens is 256 g/mol. The van der Waals surface area contributed by atoms with Gasteiger partial charge in [-0.2, -0.15) is 5.26 Å². The minimum absolute atomic E-state index is 0.121. The third kappa shape index (κ3) is 3.02. The lowest BCUT2D eigenvalue weighted by Crippen LogP contribution is -2.46. The van der Waals surface area contributed by atoms with Crippen molar-refractivity contribution in [2.75, 3.05) is 0 Å². The first-order valence-electron chi connectivity index (χ1n) is 5.90. The predicted octanol–water partition coefficient (Wildman–Crippen LogP) is 2.39. The maximum absolute atomic E-state index is 12.3. The molecule has 0 radical (unpaired) electrons. The first kappa shape index (κ1) is 15.4. The Kier molecular flexibility index (Phi) is 4.27. The number of carbonyl (C=O) groups is 2. The van der Waals surface area contributed by atoms with E-state index in [9.17, 15) is 14.9 Å². The van der Waals surface area contributed by atoms with E-state index in [1.165, 1.54) is 18.2 Å². The molecule has 1 atom stereocenters. The number of esters is 1. The molecule has 0 amide bonds. The Bertz CT molecular complexity index is 587. The van der Waals surface area contributed by atoms with E-state index in [-0.39, 0.29) is 5.56 Å². The number of rotatable bonds is 3. The summed E-state index contributed by atoms with van der Waals surface area (Å²) in [5.74, 6) is -2.01. The van der Waals surface area contributed by atoms with Crippen molar-refractivity contribution in [3.05, 3.63) is 47.3 Å². The van der Waals surface area contributed by atoms with Gasteiger partial charge in [-0.25, -0.2) is 11.4 Å². The maximum atomic E-state index is 12.3. The van der Waals surface area contributed by atoms with Crippen LogP contribution in [0.25, 0.3) is 4.85 Å². The van der Waals surface area contributed by atoms with Gasteiger partial charge in [-0.15, -0.1) is 0 Å². The summed E-state index contributed by atoms with van der Waals surface area (Å²) in [5.41, 5.74) is -3.26. The van der Waals surface area contributed by atoms with Gasteiger partial charge in [-0.05, 0) is 20.8 Å². The second-order valence-electron chi connectivity index (χ2n) is 5.13. The van der Waals surface area contributed by atoms with Crippen molar-refractivity contribution in [2.24, 2.45) is 0 Å². The van der Waals surface area contributed by atoms with Gasteiger partial charge < -0.3 is 4.74 Å². The van der Waals surface area contributed by atoms with Crippen molar-refractivity contribution < 1.29 is 14.3 Å². The largest absolute Gasteiger partial charge is 0.471 e.